The Bertz CT molecular complexity index is 484. The van der Waals surface area contributed by atoms with Crippen LogP contribution in [0.5, 0.6) is 0 Å². The minimum absolute atomic E-state index is 0.285. The second-order valence-electron chi connectivity index (χ2n) is 4.77. The van der Waals surface area contributed by atoms with Gasteiger partial charge in [-0.3, -0.25) is 14.9 Å². The van der Waals surface area contributed by atoms with Gasteiger partial charge in [-0.15, -0.1) is 11.8 Å². The molecule has 0 saturated carbocycles. The molecule has 1 aromatic rings. The molecule has 0 saturated heterocycles. The van der Waals surface area contributed by atoms with Gasteiger partial charge in [-0.1, -0.05) is 18.2 Å². The zero-order valence-corrected chi connectivity index (χ0v) is 15.0. The maximum Gasteiger partial charge on any atom is 0.324 e. The fraction of sp³-hybridized carbons (Fsp3) is 0.500. The molecule has 0 amide bonds. The molecular weight excluding hydrogens is 334 g/mol. The molecule has 0 heterocycles. The van der Waals surface area contributed by atoms with Gasteiger partial charge in [0, 0.05) is 22.2 Å². The average Bonchev–Trinajstić information content (AvgIpc) is 2.54. The van der Waals surface area contributed by atoms with Crippen LogP contribution < -0.4 is 5.32 Å². The van der Waals surface area contributed by atoms with Crippen LogP contribution in [0.25, 0.3) is 0 Å². The molecule has 0 bridgehead atoms. The van der Waals surface area contributed by atoms with E-state index in [0.717, 1.165) is 11.5 Å². The Morgan fingerprint density at radius 1 is 1.26 bits per heavy atom. The van der Waals surface area contributed by atoms with Crippen molar-refractivity contribution in [1.29, 1.82) is 0 Å². The minimum atomic E-state index is -0.982. The molecule has 5 nitrogen and oxygen atoms in total. The van der Waals surface area contributed by atoms with Crippen molar-refractivity contribution in [2.45, 2.75) is 30.8 Å². The molecule has 2 N–H and O–H groups in total. The number of hydrogen-bond donors (Lipinski definition) is 2. The van der Waals surface area contributed by atoms with Crippen LogP contribution in [0.2, 0.25) is 0 Å². The number of aliphatic carboxylic acids is 1. The molecule has 0 spiro atoms. The van der Waals surface area contributed by atoms with Crippen molar-refractivity contribution in [2.75, 3.05) is 23.9 Å². The van der Waals surface area contributed by atoms with Gasteiger partial charge in [-0.05, 0) is 26.0 Å². The smallest absolute Gasteiger partial charge is 0.324 e. The molecule has 0 aliphatic carbocycles. The third-order valence-corrected chi connectivity index (χ3v) is 5.25. The van der Waals surface area contributed by atoms with Crippen molar-refractivity contribution in [3.05, 3.63) is 30.3 Å². The van der Waals surface area contributed by atoms with Gasteiger partial charge in [0.2, 0.25) is 0 Å². The zero-order chi connectivity index (χ0) is 17.1. The molecule has 1 aromatic carbocycles. The van der Waals surface area contributed by atoms with E-state index in [0.29, 0.717) is 5.75 Å². The lowest BCUT2D eigenvalue weighted by atomic mass is 10.2. The molecule has 0 aromatic heterocycles. The Balaban J connectivity index is 2.35. The summed E-state index contributed by atoms with van der Waals surface area (Å²) in [5.41, 5.74) is 0. The lowest BCUT2D eigenvalue weighted by molar-refractivity contribution is -0.146. The predicted octanol–water partition coefficient (Wildman–Crippen LogP) is 2.51. The summed E-state index contributed by atoms with van der Waals surface area (Å²) in [5.74, 6) is 0.913. The summed E-state index contributed by atoms with van der Waals surface area (Å²) in [4.78, 5) is 24.0. The first kappa shape index (κ1) is 19.9. The monoisotopic (exact) mass is 357 g/mol. The van der Waals surface area contributed by atoms with Gasteiger partial charge in [0.15, 0.2) is 0 Å². The lowest BCUT2D eigenvalue weighted by Gasteiger charge is -2.19. The number of carboxylic acid groups (broad SMARTS) is 1. The molecule has 0 fully saturated rings. The highest BCUT2D eigenvalue weighted by atomic mass is 32.2. The topological polar surface area (TPSA) is 75.6 Å². The van der Waals surface area contributed by atoms with E-state index in [2.05, 4.69) is 17.4 Å². The first-order valence-corrected chi connectivity index (χ1v) is 9.59. The van der Waals surface area contributed by atoms with Crippen LogP contribution >= 0.6 is 23.5 Å². The number of nitrogens with one attached hydrogen (secondary N) is 1. The van der Waals surface area contributed by atoms with E-state index in [-0.39, 0.29) is 6.61 Å². The van der Waals surface area contributed by atoms with Crippen LogP contribution in [0.15, 0.2) is 35.2 Å². The third-order valence-electron chi connectivity index (χ3n) is 2.92. The second-order valence-corrected chi connectivity index (χ2v) is 7.09. The summed E-state index contributed by atoms with van der Waals surface area (Å²) in [6, 6.07) is 8.72. The van der Waals surface area contributed by atoms with E-state index in [1.54, 1.807) is 30.4 Å². The Labute approximate surface area is 145 Å². The first-order valence-electron chi connectivity index (χ1n) is 7.45. The van der Waals surface area contributed by atoms with Gasteiger partial charge in [-0.25, -0.2) is 0 Å². The van der Waals surface area contributed by atoms with E-state index >= 15 is 0 Å². The minimum Gasteiger partial charge on any atom is -0.480 e. The van der Waals surface area contributed by atoms with Crippen LogP contribution in [0.4, 0.5) is 0 Å². The number of thioether (sulfide) groups is 2. The maximum absolute atomic E-state index is 11.9. The largest absolute Gasteiger partial charge is 0.480 e. The molecule has 128 valence electrons. The zero-order valence-electron chi connectivity index (χ0n) is 13.4. The van der Waals surface area contributed by atoms with E-state index in [4.69, 9.17) is 9.84 Å². The standard InChI is InChI=1S/C16H23NO4S2/c1-3-21-16(20)14(17-12(2)15(18)19)11-22-9-10-23-13-7-5-4-6-8-13/h4-8,12,14,17H,3,9-11H2,1-2H3,(H,18,19)/t12?,14-/m0/s1. The van der Waals surface area contributed by atoms with Crippen LogP contribution in [-0.4, -0.2) is 53.0 Å². The van der Waals surface area contributed by atoms with Crippen molar-refractivity contribution in [1.82, 2.24) is 5.32 Å². The highest BCUT2D eigenvalue weighted by molar-refractivity contribution is 8.03. The summed E-state index contributed by atoms with van der Waals surface area (Å²) >= 11 is 3.37. The Morgan fingerprint density at radius 3 is 2.57 bits per heavy atom. The van der Waals surface area contributed by atoms with Crippen molar-refractivity contribution in [2.24, 2.45) is 0 Å². The fourth-order valence-corrected chi connectivity index (χ4v) is 3.76. The second kappa shape index (κ2) is 11.4. The molecule has 1 unspecified atom stereocenters. The fourth-order valence-electron chi connectivity index (χ4n) is 1.74. The van der Waals surface area contributed by atoms with Crippen LogP contribution in [0.3, 0.4) is 0 Å². The summed E-state index contributed by atoms with van der Waals surface area (Å²) in [6.07, 6.45) is 0. The molecule has 0 radical (unpaired) electrons. The SMILES string of the molecule is CCOC(=O)[C@H](CSCCSc1ccccc1)NC(C)C(=O)O. The number of ether oxygens (including phenoxy) is 1. The van der Waals surface area contributed by atoms with Crippen LogP contribution in [-0.2, 0) is 14.3 Å². The number of esters is 1. The molecule has 1 rings (SSSR count). The molecule has 0 aliphatic heterocycles. The molecule has 2 atom stereocenters. The Hall–Kier alpha value is -1.18. The highest BCUT2D eigenvalue weighted by Gasteiger charge is 2.24. The third kappa shape index (κ3) is 8.29. The van der Waals surface area contributed by atoms with Gasteiger partial charge in [0.1, 0.15) is 12.1 Å². The van der Waals surface area contributed by atoms with Gasteiger partial charge in [0.05, 0.1) is 6.61 Å². The van der Waals surface area contributed by atoms with Gasteiger partial charge in [-0.2, -0.15) is 11.8 Å². The maximum atomic E-state index is 11.9. The molecular formula is C16H23NO4S2. The average molecular weight is 357 g/mol. The quantitative estimate of drug-likeness (QED) is 0.358. The Morgan fingerprint density at radius 2 is 1.96 bits per heavy atom. The molecule has 0 aliphatic rings. The highest BCUT2D eigenvalue weighted by Crippen LogP contribution is 2.18. The van der Waals surface area contributed by atoms with Crippen molar-refractivity contribution >= 4 is 35.5 Å². The summed E-state index contributed by atoms with van der Waals surface area (Å²) in [6.45, 7) is 3.54. The molecule has 23 heavy (non-hydrogen) atoms. The first-order chi connectivity index (χ1) is 11.0. The van der Waals surface area contributed by atoms with E-state index in [1.807, 2.05) is 18.2 Å². The summed E-state index contributed by atoms with van der Waals surface area (Å²) in [5, 5.41) is 11.8. The molecule has 7 heteroatoms. The summed E-state index contributed by atoms with van der Waals surface area (Å²) in [7, 11) is 0. The number of carbonyl (C=O) groups is 2. The van der Waals surface area contributed by atoms with Crippen LogP contribution in [0.1, 0.15) is 13.8 Å². The van der Waals surface area contributed by atoms with E-state index in [9.17, 15) is 9.59 Å². The Kier molecular flexibility index (Phi) is 9.82. The van der Waals surface area contributed by atoms with Crippen molar-refractivity contribution < 1.29 is 19.4 Å². The number of benzene rings is 1. The van der Waals surface area contributed by atoms with Gasteiger partial charge >= 0.3 is 11.9 Å². The van der Waals surface area contributed by atoms with E-state index < -0.39 is 24.0 Å². The van der Waals surface area contributed by atoms with E-state index in [1.165, 1.54) is 11.8 Å². The van der Waals surface area contributed by atoms with Gasteiger partial charge in [0.25, 0.3) is 0 Å². The predicted molar refractivity (Wildman–Crippen MR) is 95.1 cm³/mol. The number of carboxylic acids is 1. The van der Waals surface area contributed by atoms with Gasteiger partial charge < -0.3 is 9.84 Å². The lowest BCUT2D eigenvalue weighted by Crippen LogP contribution is -2.47. The number of carbonyl (C=O) groups excluding carboxylic acids is 1. The van der Waals surface area contributed by atoms with Crippen molar-refractivity contribution in [3.8, 4) is 0 Å². The van der Waals surface area contributed by atoms with Crippen molar-refractivity contribution in [3.63, 3.8) is 0 Å². The number of hydrogen-bond acceptors (Lipinski definition) is 6. The summed E-state index contributed by atoms with van der Waals surface area (Å²) < 4.78 is 5.00. The number of rotatable bonds is 11. The van der Waals surface area contributed by atoms with Crippen LogP contribution in [0, 0.1) is 0 Å². The normalized spacial score (nSPS) is 13.3.